The molecule has 0 atom stereocenters. The van der Waals surface area contributed by atoms with E-state index < -0.39 is 0 Å². The maximum Gasteiger partial charge on any atom is 0.253 e. The van der Waals surface area contributed by atoms with E-state index in [9.17, 15) is 9.59 Å². The maximum atomic E-state index is 12.1. The Kier molecular flexibility index (Phi) is 5.83. The highest BCUT2D eigenvalue weighted by atomic mass is 16.1. The van der Waals surface area contributed by atoms with Crippen molar-refractivity contribution in [3.63, 3.8) is 0 Å². The van der Waals surface area contributed by atoms with E-state index in [1.54, 1.807) is 0 Å². The third kappa shape index (κ3) is 5.31. The van der Waals surface area contributed by atoms with Crippen molar-refractivity contribution >= 4 is 5.91 Å². The van der Waals surface area contributed by atoms with Crippen LogP contribution in [0.15, 0.2) is 35.1 Å². The number of aromatic nitrogens is 1. The van der Waals surface area contributed by atoms with Crippen LogP contribution in [-0.4, -0.2) is 10.9 Å². The van der Waals surface area contributed by atoms with E-state index in [1.165, 1.54) is 5.56 Å². The Hall–Kier alpha value is -2.36. The molecule has 0 aliphatic heterocycles. The van der Waals surface area contributed by atoms with Crippen LogP contribution in [0.2, 0.25) is 0 Å². The molecule has 2 rings (SSSR count). The molecule has 0 bridgehead atoms. The topological polar surface area (TPSA) is 62.0 Å². The number of carbonyl (C=O) groups excluding carboxylic acids is 1. The van der Waals surface area contributed by atoms with E-state index >= 15 is 0 Å². The molecule has 2 N–H and O–H groups in total. The first-order valence-electron chi connectivity index (χ1n) is 8.72. The van der Waals surface area contributed by atoms with Crippen molar-refractivity contribution < 1.29 is 4.79 Å². The Labute approximate surface area is 149 Å². The number of benzene rings is 1. The fraction of sp³-hybridized carbons (Fsp3) is 0.429. The Morgan fingerprint density at radius 1 is 1.12 bits per heavy atom. The summed E-state index contributed by atoms with van der Waals surface area (Å²) < 4.78 is 0. The molecular weight excluding hydrogens is 312 g/mol. The molecule has 4 nitrogen and oxygen atoms in total. The molecule has 0 spiro atoms. The lowest BCUT2D eigenvalue weighted by molar-refractivity contribution is -0.121. The highest BCUT2D eigenvalue weighted by molar-refractivity contribution is 5.76. The highest BCUT2D eigenvalue weighted by Crippen LogP contribution is 2.22. The van der Waals surface area contributed by atoms with Crippen molar-refractivity contribution in [3.05, 3.63) is 68.6 Å². The third-order valence-corrected chi connectivity index (χ3v) is 4.42. The van der Waals surface area contributed by atoms with Gasteiger partial charge in [-0.2, -0.15) is 0 Å². The number of amides is 1. The van der Waals surface area contributed by atoms with Crippen LogP contribution in [0.5, 0.6) is 0 Å². The predicted molar refractivity (Wildman–Crippen MR) is 102 cm³/mol. The molecule has 2 aromatic rings. The zero-order valence-corrected chi connectivity index (χ0v) is 15.8. The van der Waals surface area contributed by atoms with Gasteiger partial charge < -0.3 is 10.3 Å². The number of aromatic amines is 1. The van der Waals surface area contributed by atoms with E-state index in [4.69, 9.17) is 0 Å². The van der Waals surface area contributed by atoms with Gasteiger partial charge in [-0.15, -0.1) is 0 Å². The fourth-order valence-electron chi connectivity index (χ4n) is 2.81. The second-order valence-electron chi connectivity index (χ2n) is 7.67. The molecule has 1 amide bonds. The van der Waals surface area contributed by atoms with E-state index in [2.05, 4.69) is 55.3 Å². The van der Waals surface area contributed by atoms with Gasteiger partial charge in [-0.05, 0) is 48.4 Å². The van der Waals surface area contributed by atoms with Gasteiger partial charge in [0.05, 0.1) is 0 Å². The van der Waals surface area contributed by atoms with Gasteiger partial charge in [-0.1, -0.05) is 45.0 Å². The van der Waals surface area contributed by atoms with Crippen molar-refractivity contribution in [3.8, 4) is 0 Å². The molecule has 0 fully saturated rings. The highest BCUT2D eigenvalue weighted by Gasteiger charge is 2.13. The largest absolute Gasteiger partial charge is 0.352 e. The zero-order valence-electron chi connectivity index (χ0n) is 15.8. The first-order chi connectivity index (χ1) is 11.7. The van der Waals surface area contributed by atoms with Crippen molar-refractivity contribution in [1.82, 2.24) is 10.3 Å². The summed E-state index contributed by atoms with van der Waals surface area (Å²) in [7, 11) is 0. The number of hydrogen-bond acceptors (Lipinski definition) is 2. The van der Waals surface area contributed by atoms with Crippen molar-refractivity contribution in [2.24, 2.45) is 0 Å². The SMILES string of the molecule is Cc1cc(C)c(CNC(=O)CCc2ccc(C(C)(C)C)cc2)c(=O)[nH]1. The molecule has 0 aliphatic carbocycles. The molecule has 25 heavy (non-hydrogen) atoms. The van der Waals surface area contributed by atoms with Gasteiger partial charge in [-0.25, -0.2) is 0 Å². The minimum Gasteiger partial charge on any atom is -0.352 e. The van der Waals surface area contributed by atoms with Crippen molar-refractivity contribution in [2.75, 3.05) is 0 Å². The molecule has 0 unspecified atom stereocenters. The smallest absolute Gasteiger partial charge is 0.253 e. The number of nitrogens with one attached hydrogen (secondary N) is 2. The standard InChI is InChI=1S/C21H28N2O2/c1-14-12-15(2)23-20(25)18(14)13-22-19(24)11-8-16-6-9-17(10-7-16)21(3,4)5/h6-7,9-10,12H,8,11,13H2,1-5H3,(H,22,24)(H,23,25). The number of rotatable bonds is 5. The summed E-state index contributed by atoms with van der Waals surface area (Å²) in [6.45, 7) is 10.6. The average Bonchev–Trinajstić information content (AvgIpc) is 2.51. The van der Waals surface area contributed by atoms with Crippen molar-refractivity contribution in [1.29, 1.82) is 0 Å². The van der Waals surface area contributed by atoms with Crippen LogP contribution in [0.1, 0.15) is 55.1 Å². The first-order valence-corrected chi connectivity index (χ1v) is 8.72. The van der Waals surface area contributed by atoms with Gasteiger partial charge in [0, 0.05) is 24.2 Å². The molecule has 0 saturated heterocycles. The predicted octanol–water partition coefficient (Wildman–Crippen LogP) is 3.54. The Balaban J connectivity index is 1.88. The molecule has 0 aliphatic rings. The van der Waals surface area contributed by atoms with Crippen LogP contribution in [0.3, 0.4) is 0 Å². The summed E-state index contributed by atoms with van der Waals surface area (Å²) in [6, 6.07) is 10.3. The number of H-pyrrole nitrogens is 1. The summed E-state index contributed by atoms with van der Waals surface area (Å²) in [5.41, 5.74) is 4.79. The van der Waals surface area contributed by atoms with Crippen LogP contribution >= 0.6 is 0 Å². The molecule has 1 aromatic carbocycles. The van der Waals surface area contributed by atoms with Gasteiger partial charge in [0.15, 0.2) is 0 Å². The van der Waals surface area contributed by atoms with Gasteiger partial charge in [-0.3, -0.25) is 9.59 Å². The average molecular weight is 340 g/mol. The molecule has 1 heterocycles. The van der Waals surface area contributed by atoms with Crippen LogP contribution in [0, 0.1) is 13.8 Å². The molecule has 4 heteroatoms. The number of carbonyl (C=O) groups is 1. The fourth-order valence-corrected chi connectivity index (χ4v) is 2.81. The quantitative estimate of drug-likeness (QED) is 0.874. The van der Waals surface area contributed by atoms with E-state index in [0.717, 1.165) is 16.8 Å². The summed E-state index contributed by atoms with van der Waals surface area (Å²) in [5, 5.41) is 2.85. The maximum absolute atomic E-state index is 12.1. The Morgan fingerprint density at radius 2 is 1.76 bits per heavy atom. The summed E-state index contributed by atoms with van der Waals surface area (Å²) in [6.07, 6.45) is 1.11. The minimum absolute atomic E-state index is 0.0423. The zero-order chi connectivity index (χ0) is 18.6. The Bertz CT molecular complexity index is 796. The van der Waals surface area contributed by atoms with Crippen LogP contribution in [0.4, 0.5) is 0 Å². The van der Waals surface area contributed by atoms with Gasteiger partial charge in [0.2, 0.25) is 5.91 Å². The molecule has 1 aromatic heterocycles. The lowest BCUT2D eigenvalue weighted by atomic mass is 9.86. The Morgan fingerprint density at radius 3 is 2.32 bits per heavy atom. The van der Waals surface area contributed by atoms with Crippen LogP contribution in [-0.2, 0) is 23.2 Å². The van der Waals surface area contributed by atoms with Gasteiger partial charge in [0.1, 0.15) is 0 Å². The summed E-state index contributed by atoms with van der Waals surface area (Å²) in [5.74, 6) is -0.0423. The second kappa shape index (κ2) is 7.68. The van der Waals surface area contributed by atoms with Crippen LogP contribution < -0.4 is 10.9 Å². The number of aryl methyl sites for hydroxylation is 3. The number of pyridine rings is 1. The number of hydrogen-bond donors (Lipinski definition) is 2. The third-order valence-electron chi connectivity index (χ3n) is 4.42. The first kappa shape index (κ1) is 19.0. The van der Waals surface area contributed by atoms with Crippen molar-refractivity contribution in [2.45, 2.75) is 59.4 Å². The lowest BCUT2D eigenvalue weighted by Gasteiger charge is -2.19. The van der Waals surface area contributed by atoms with Crippen LogP contribution in [0.25, 0.3) is 0 Å². The summed E-state index contributed by atoms with van der Waals surface area (Å²) >= 11 is 0. The normalized spacial score (nSPS) is 11.4. The summed E-state index contributed by atoms with van der Waals surface area (Å²) in [4.78, 5) is 26.8. The molecule has 0 radical (unpaired) electrons. The van der Waals surface area contributed by atoms with E-state index in [1.807, 2.05) is 19.9 Å². The van der Waals surface area contributed by atoms with E-state index in [-0.39, 0.29) is 23.4 Å². The molecular formula is C21H28N2O2. The van der Waals surface area contributed by atoms with Gasteiger partial charge in [0.25, 0.3) is 5.56 Å². The second-order valence-corrected chi connectivity index (χ2v) is 7.67. The van der Waals surface area contributed by atoms with E-state index in [0.29, 0.717) is 18.4 Å². The molecule has 134 valence electrons. The van der Waals surface area contributed by atoms with Gasteiger partial charge >= 0.3 is 0 Å². The monoisotopic (exact) mass is 340 g/mol. The molecule has 0 saturated carbocycles. The lowest BCUT2D eigenvalue weighted by Crippen LogP contribution is -2.28. The minimum atomic E-state index is -0.129.